The lowest BCUT2D eigenvalue weighted by atomic mass is 10.0. The van der Waals surface area contributed by atoms with Crippen molar-refractivity contribution < 1.29 is 9.47 Å². The molecule has 0 saturated carbocycles. The molecule has 1 aliphatic rings. The van der Waals surface area contributed by atoms with E-state index in [9.17, 15) is 0 Å². The van der Waals surface area contributed by atoms with Crippen molar-refractivity contribution in [1.82, 2.24) is 10.2 Å². The van der Waals surface area contributed by atoms with Crippen molar-refractivity contribution in [2.24, 2.45) is 0 Å². The van der Waals surface area contributed by atoms with E-state index in [4.69, 9.17) is 9.47 Å². The molecule has 1 saturated heterocycles. The fourth-order valence-corrected chi connectivity index (χ4v) is 2.49. The highest BCUT2D eigenvalue weighted by Crippen LogP contribution is 2.32. The van der Waals surface area contributed by atoms with Gasteiger partial charge in [-0.05, 0) is 17.7 Å². The summed E-state index contributed by atoms with van der Waals surface area (Å²) in [6.45, 7) is 8.09. The van der Waals surface area contributed by atoms with E-state index in [1.54, 1.807) is 14.2 Å². The van der Waals surface area contributed by atoms with Crippen LogP contribution in [0.15, 0.2) is 30.9 Å². The molecule has 1 fully saturated rings. The predicted molar refractivity (Wildman–Crippen MR) is 91.4 cm³/mol. The number of hydrogen-bond donors (Lipinski definition) is 1. The lowest BCUT2D eigenvalue weighted by Gasteiger charge is -2.33. The zero-order chi connectivity index (χ0) is 13.7. The van der Waals surface area contributed by atoms with Gasteiger partial charge in [-0.2, -0.15) is 0 Å². The Morgan fingerprint density at radius 3 is 2.29 bits per heavy atom. The highest BCUT2D eigenvalue weighted by molar-refractivity contribution is 5.85. The molecule has 1 aromatic carbocycles. The Balaban J connectivity index is 0.00000200. The molecule has 0 unspecified atom stereocenters. The average Bonchev–Trinajstić information content (AvgIpc) is 2.49. The number of nitrogens with zero attached hydrogens (tertiary/aromatic N) is 1. The van der Waals surface area contributed by atoms with E-state index in [1.165, 1.54) is 5.56 Å². The first-order valence-electron chi connectivity index (χ1n) is 6.59. The van der Waals surface area contributed by atoms with Gasteiger partial charge in [0.05, 0.1) is 20.3 Å². The first kappa shape index (κ1) is 20.1. The van der Waals surface area contributed by atoms with Gasteiger partial charge in [0.25, 0.3) is 0 Å². The fourth-order valence-electron chi connectivity index (χ4n) is 2.49. The van der Waals surface area contributed by atoms with Gasteiger partial charge in [-0.1, -0.05) is 12.1 Å². The van der Waals surface area contributed by atoms with Crippen molar-refractivity contribution in [2.45, 2.75) is 6.04 Å². The van der Waals surface area contributed by atoms with Crippen LogP contribution in [0.3, 0.4) is 0 Å². The maximum absolute atomic E-state index is 5.37. The second kappa shape index (κ2) is 9.90. The lowest BCUT2D eigenvalue weighted by Crippen LogP contribution is -2.44. The summed E-state index contributed by atoms with van der Waals surface area (Å²) in [6.07, 6.45) is 1.99. The van der Waals surface area contributed by atoms with E-state index in [2.05, 4.69) is 22.9 Å². The van der Waals surface area contributed by atoms with Crippen LogP contribution in [-0.2, 0) is 0 Å². The van der Waals surface area contributed by atoms with Gasteiger partial charge in [-0.15, -0.1) is 31.4 Å². The summed E-state index contributed by atoms with van der Waals surface area (Å²) in [5.74, 6) is 1.52. The van der Waals surface area contributed by atoms with Crippen LogP contribution in [-0.4, -0.2) is 45.3 Å². The molecule has 0 bridgehead atoms. The Hall–Kier alpha value is -0.940. The van der Waals surface area contributed by atoms with Crippen molar-refractivity contribution in [1.29, 1.82) is 0 Å². The summed E-state index contributed by atoms with van der Waals surface area (Å²) in [4.78, 5) is 2.42. The van der Waals surface area contributed by atoms with Crippen molar-refractivity contribution >= 4 is 24.8 Å². The molecule has 1 N–H and O–H groups in total. The van der Waals surface area contributed by atoms with Crippen LogP contribution in [0.4, 0.5) is 0 Å². The van der Waals surface area contributed by atoms with Gasteiger partial charge in [0.2, 0.25) is 0 Å². The molecule has 1 heterocycles. The van der Waals surface area contributed by atoms with Crippen LogP contribution < -0.4 is 14.8 Å². The van der Waals surface area contributed by atoms with Crippen molar-refractivity contribution in [2.75, 3.05) is 40.4 Å². The molecule has 0 radical (unpaired) electrons. The lowest BCUT2D eigenvalue weighted by molar-refractivity contribution is 0.203. The van der Waals surface area contributed by atoms with Gasteiger partial charge in [0.1, 0.15) is 0 Å². The number of piperazine rings is 1. The molecular formula is C15H24Cl2N2O2. The zero-order valence-corrected chi connectivity index (χ0v) is 14.1. The van der Waals surface area contributed by atoms with Crippen LogP contribution in [0.1, 0.15) is 11.6 Å². The molecule has 4 nitrogen and oxygen atoms in total. The molecule has 1 aliphatic heterocycles. The maximum atomic E-state index is 5.37. The molecule has 2 rings (SSSR count). The quantitative estimate of drug-likeness (QED) is 0.839. The Morgan fingerprint density at radius 1 is 1.14 bits per heavy atom. The number of nitrogens with one attached hydrogen (secondary N) is 1. The Labute approximate surface area is 139 Å². The van der Waals surface area contributed by atoms with Crippen molar-refractivity contribution in [3.05, 3.63) is 36.4 Å². The van der Waals surface area contributed by atoms with Gasteiger partial charge in [-0.3, -0.25) is 4.90 Å². The van der Waals surface area contributed by atoms with E-state index >= 15 is 0 Å². The van der Waals surface area contributed by atoms with Crippen LogP contribution >= 0.6 is 24.8 Å². The molecule has 0 aromatic heterocycles. The Morgan fingerprint density at radius 2 is 1.76 bits per heavy atom. The molecule has 1 atom stereocenters. The summed E-state index contributed by atoms with van der Waals surface area (Å²) in [5, 5.41) is 3.37. The third-order valence-electron chi connectivity index (χ3n) is 3.52. The SMILES string of the molecule is C=C[C@H](c1ccc(OC)c(OC)c1)N1CCNCC1.Cl.Cl. The number of methoxy groups -OCH3 is 2. The monoisotopic (exact) mass is 334 g/mol. The summed E-state index contributed by atoms with van der Waals surface area (Å²) in [5.41, 5.74) is 1.19. The number of rotatable bonds is 5. The summed E-state index contributed by atoms with van der Waals surface area (Å²) in [7, 11) is 3.31. The van der Waals surface area contributed by atoms with Crippen LogP contribution in [0.25, 0.3) is 0 Å². The number of halogens is 2. The largest absolute Gasteiger partial charge is 0.493 e. The van der Waals surface area contributed by atoms with E-state index in [1.807, 2.05) is 18.2 Å². The molecule has 0 aliphatic carbocycles. The molecule has 0 amide bonds. The summed E-state index contributed by atoms with van der Waals surface area (Å²) < 4.78 is 10.6. The predicted octanol–water partition coefficient (Wildman–Crippen LogP) is 2.68. The highest BCUT2D eigenvalue weighted by atomic mass is 35.5. The van der Waals surface area contributed by atoms with Gasteiger partial charge in [0, 0.05) is 26.2 Å². The smallest absolute Gasteiger partial charge is 0.161 e. The minimum Gasteiger partial charge on any atom is -0.493 e. The molecule has 21 heavy (non-hydrogen) atoms. The fraction of sp³-hybridized carbons (Fsp3) is 0.467. The summed E-state index contributed by atoms with van der Waals surface area (Å²) in [6, 6.07) is 6.29. The van der Waals surface area contributed by atoms with Crippen molar-refractivity contribution in [3.63, 3.8) is 0 Å². The first-order chi connectivity index (χ1) is 9.30. The average molecular weight is 335 g/mol. The summed E-state index contributed by atoms with van der Waals surface area (Å²) >= 11 is 0. The van der Waals surface area contributed by atoms with E-state index in [0.717, 1.165) is 37.7 Å². The molecule has 0 spiro atoms. The Kier molecular flexibility index (Phi) is 9.46. The molecule has 1 aromatic rings. The van der Waals surface area contributed by atoms with Crippen molar-refractivity contribution in [3.8, 4) is 11.5 Å². The van der Waals surface area contributed by atoms with Gasteiger partial charge < -0.3 is 14.8 Å². The first-order valence-corrected chi connectivity index (χ1v) is 6.59. The van der Waals surface area contributed by atoms with Gasteiger partial charge in [0.15, 0.2) is 11.5 Å². The number of hydrogen-bond acceptors (Lipinski definition) is 4. The third kappa shape index (κ3) is 4.78. The van der Waals surface area contributed by atoms with Gasteiger partial charge in [-0.25, -0.2) is 0 Å². The molecule has 6 heteroatoms. The highest BCUT2D eigenvalue weighted by Gasteiger charge is 2.20. The number of ether oxygens (including phenoxy) is 2. The molecular weight excluding hydrogens is 311 g/mol. The second-order valence-electron chi connectivity index (χ2n) is 4.58. The number of benzene rings is 1. The van der Waals surface area contributed by atoms with E-state index < -0.39 is 0 Å². The zero-order valence-electron chi connectivity index (χ0n) is 12.5. The standard InChI is InChI=1S/C15H22N2O2.2ClH/c1-4-13(17-9-7-16-8-10-17)12-5-6-14(18-2)15(11-12)19-3;;/h4-6,11,13,16H,1,7-10H2,2-3H3;2*1H/t13-;;/m1../s1. The molecule has 120 valence electrons. The van der Waals surface area contributed by atoms with Crippen LogP contribution in [0, 0.1) is 0 Å². The minimum atomic E-state index is 0. The third-order valence-corrected chi connectivity index (χ3v) is 3.52. The topological polar surface area (TPSA) is 33.7 Å². The van der Waals surface area contributed by atoms with Crippen LogP contribution in [0.2, 0.25) is 0 Å². The van der Waals surface area contributed by atoms with Gasteiger partial charge >= 0.3 is 0 Å². The second-order valence-corrected chi connectivity index (χ2v) is 4.58. The minimum absolute atomic E-state index is 0. The maximum Gasteiger partial charge on any atom is 0.161 e. The normalized spacial score (nSPS) is 16.1. The van der Waals surface area contributed by atoms with E-state index in [0.29, 0.717) is 0 Å². The van der Waals surface area contributed by atoms with E-state index in [-0.39, 0.29) is 30.9 Å². The van der Waals surface area contributed by atoms with Crippen LogP contribution in [0.5, 0.6) is 11.5 Å². The Bertz CT molecular complexity index is 438.